The van der Waals surface area contributed by atoms with Gasteiger partial charge in [0.25, 0.3) is 0 Å². The summed E-state index contributed by atoms with van der Waals surface area (Å²) in [5.41, 5.74) is 0.755. The molecule has 2 heterocycles. The third-order valence-electron chi connectivity index (χ3n) is 3.43. The van der Waals surface area contributed by atoms with Crippen molar-refractivity contribution in [3.05, 3.63) is 10.9 Å². The van der Waals surface area contributed by atoms with Gasteiger partial charge in [-0.1, -0.05) is 20.3 Å². The zero-order valence-corrected chi connectivity index (χ0v) is 12.8. The molecular formula is C12H18BrN5O. The summed E-state index contributed by atoms with van der Waals surface area (Å²) in [6, 6.07) is -0.0322. The maximum Gasteiger partial charge on any atom is 0.164 e. The molecule has 19 heavy (non-hydrogen) atoms. The normalized spacial score (nSPS) is 14.6. The Morgan fingerprint density at radius 3 is 2.84 bits per heavy atom. The van der Waals surface area contributed by atoms with Crippen molar-refractivity contribution in [1.29, 1.82) is 0 Å². The van der Waals surface area contributed by atoms with Crippen LogP contribution in [0.25, 0.3) is 11.0 Å². The van der Waals surface area contributed by atoms with E-state index in [1.54, 1.807) is 4.68 Å². The molecule has 0 fully saturated rings. The number of aliphatic hydroxyl groups excluding tert-OH is 1. The molecule has 104 valence electrons. The number of aliphatic hydroxyl groups is 1. The molecule has 0 saturated carbocycles. The lowest BCUT2D eigenvalue weighted by atomic mass is 10.00. The highest BCUT2D eigenvalue weighted by Gasteiger charge is 2.19. The molecule has 0 spiro atoms. The van der Waals surface area contributed by atoms with Gasteiger partial charge in [0.05, 0.1) is 18.0 Å². The highest BCUT2D eigenvalue weighted by Crippen LogP contribution is 2.28. The molecule has 2 rings (SSSR count). The largest absolute Gasteiger partial charge is 0.394 e. The van der Waals surface area contributed by atoms with Crippen molar-refractivity contribution in [1.82, 2.24) is 19.7 Å². The van der Waals surface area contributed by atoms with E-state index in [2.05, 4.69) is 50.2 Å². The summed E-state index contributed by atoms with van der Waals surface area (Å²) in [5, 5.41) is 17.9. The number of aryl methyl sites for hydroxylation is 1. The van der Waals surface area contributed by atoms with Crippen LogP contribution in [0.4, 0.5) is 5.82 Å². The molecule has 0 aliphatic carbocycles. The van der Waals surface area contributed by atoms with Gasteiger partial charge in [0.15, 0.2) is 5.65 Å². The number of aromatic nitrogens is 4. The number of hydrogen-bond donors (Lipinski definition) is 2. The number of halogens is 1. The summed E-state index contributed by atoms with van der Waals surface area (Å²) >= 11 is 3.42. The number of hydrogen-bond acceptors (Lipinski definition) is 5. The lowest BCUT2D eigenvalue weighted by Crippen LogP contribution is -2.31. The van der Waals surface area contributed by atoms with Crippen LogP contribution in [0.1, 0.15) is 20.3 Å². The predicted molar refractivity (Wildman–Crippen MR) is 78.0 cm³/mol. The number of fused-ring (bicyclic) bond motifs is 1. The van der Waals surface area contributed by atoms with Gasteiger partial charge >= 0.3 is 0 Å². The monoisotopic (exact) mass is 327 g/mol. The molecule has 2 aromatic rings. The number of nitrogens with zero attached hydrogens (tertiary/aromatic N) is 4. The molecule has 0 aliphatic rings. The van der Waals surface area contributed by atoms with Gasteiger partial charge in [-0.2, -0.15) is 5.10 Å². The van der Waals surface area contributed by atoms with Crippen LogP contribution >= 0.6 is 15.9 Å². The quantitative estimate of drug-likeness (QED) is 0.877. The van der Waals surface area contributed by atoms with Gasteiger partial charge < -0.3 is 10.4 Å². The summed E-state index contributed by atoms with van der Waals surface area (Å²) in [6.45, 7) is 4.27. The molecule has 0 unspecified atom stereocenters. The molecule has 2 aromatic heterocycles. The minimum atomic E-state index is -0.0322. The minimum Gasteiger partial charge on any atom is -0.394 e. The van der Waals surface area contributed by atoms with Crippen molar-refractivity contribution in [2.75, 3.05) is 11.9 Å². The van der Waals surface area contributed by atoms with Gasteiger partial charge in [-0.25, -0.2) is 14.6 Å². The molecule has 2 atom stereocenters. The molecule has 2 N–H and O–H groups in total. The Bertz CT molecular complexity index is 570. The SMILES string of the molecule is CC[C@@H](C)[C@@H](CO)Nc1ncnc2c1c(Br)nn2C. The first-order valence-corrected chi connectivity index (χ1v) is 7.08. The van der Waals surface area contributed by atoms with Crippen LogP contribution in [0.5, 0.6) is 0 Å². The first-order valence-electron chi connectivity index (χ1n) is 6.29. The Labute approximate surface area is 120 Å². The van der Waals surface area contributed by atoms with E-state index >= 15 is 0 Å². The number of nitrogens with one attached hydrogen (secondary N) is 1. The summed E-state index contributed by atoms with van der Waals surface area (Å²) < 4.78 is 2.40. The van der Waals surface area contributed by atoms with Crippen LogP contribution < -0.4 is 5.32 Å². The zero-order valence-electron chi connectivity index (χ0n) is 11.3. The Kier molecular flexibility index (Phi) is 4.36. The third kappa shape index (κ3) is 2.71. The van der Waals surface area contributed by atoms with Crippen molar-refractivity contribution in [2.45, 2.75) is 26.3 Å². The molecule has 0 radical (unpaired) electrons. The van der Waals surface area contributed by atoms with Crippen molar-refractivity contribution in [3.8, 4) is 0 Å². The van der Waals surface area contributed by atoms with Crippen LogP contribution in [-0.4, -0.2) is 37.5 Å². The van der Waals surface area contributed by atoms with Gasteiger partial charge in [0, 0.05) is 7.05 Å². The van der Waals surface area contributed by atoms with E-state index < -0.39 is 0 Å². The third-order valence-corrected chi connectivity index (χ3v) is 3.98. The van der Waals surface area contributed by atoms with Crippen LogP contribution in [0.15, 0.2) is 10.9 Å². The second kappa shape index (κ2) is 5.83. The van der Waals surface area contributed by atoms with E-state index in [1.807, 2.05) is 7.05 Å². The first kappa shape index (κ1) is 14.2. The fourth-order valence-electron chi connectivity index (χ4n) is 1.98. The molecule has 0 aromatic carbocycles. The average molecular weight is 328 g/mol. The maximum absolute atomic E-state index is 9.50. The summed E-state index contributed by atoms with van der Waals surface area (Å²) in [4.78, 5) is 8.49. The van der Waals surface area contributed by atoms with Gasteiger partial charge in [-0.15, -0.1) is 0 Å². The highest BCUT2D eigenvalue weighted by molar-refractivity contribution is 9.10. The summed E-state index contributed by atoms with van der Waals surface area (Å²) in [7, 11) is 1.84. The second-order valence-electron chi connectivity index (χ2n) is 4.65. The predicted octanol–water partition coefficient (Wildman–Crippen LogP) is 1.94. The Morgan fingerprint density at radius 2 is 2.21 bits per heavy atom. The van der Waals surface area contributed by atoms with Gasteiger partial charge in [-0.05, 0) is 21.8 Å². The lowest BCUT2D eigenvalue weighted by molar-refractivity contribution is 0.241. The van der Waals surface area contributed by atoms with E-state index in [0.29, 0.717) is 16.3 Å². The van der Waals surface area contributed by atoms with E-state index in [1.165, 1.54) is 6.33 Å². The van der Waals surface area contributed by atoms with Crippen LogP contribution in [0.3, 0.4) is 0 Å². The van der Waals surface area contributed by atoms with Gasteiger partial charge in [0.2, 0.25) is 0 Å². The van der Waals surface area contributed by atoms with Gasteiger partial charge in [0.1, 0.15) is 16.7 Å². The molecule has 7 heteroatoms. The van der Waals surface area contributed by atoms with Crippen molar-refractivity contribution < 1.29 is 5.11 Å². The smallest absolute Gasteiger partial charge is 0.164 e. The zero-order chi connectivity index (χ0) is 14.0. The average Bonchev–Trinajstić information content (AvgIpc) is 2.71. The van der Waals surface area contributed by atoms with Crippen molar-refractivity contribution in [2.24, 2.45) is 13.0 Å². The molecule has 0 amide bonds. The molecule has 6 nitrogen and oxygen atoms in total. The van der Waals surface area contributed by atoms with E-state index in [9.17, 15) is 5.11 Å². The van der Waals surface area contributed by atoms with Crippen LogP contribution in [-0.2, 0) is 7.05 Å². The summed E-state index contributed by atoms with van der Waals surface area (Å²) in [6.07, 6.45) is 2.49. The van der Waals surface area contributed by atoms with Crippen LogP contribution in [0.2, 0.25) is 0 Å². The van der Waals surface area contributed by atoms with Crippen molar-refractivity contribution >= 4 is 32.8 Å². The van der Waals surface area contributed by atoms with Crippen LogP contribution in [0, 0.1) is 5.92 Å². The Morgan fingerprint density at radius 1 is 1.47 bits per heavy atom. The topological polar surface area (TPSA) is 75.9 Å². The maximum atomic E-state index is 9.50. The Hall–Kier alpha value is -1.21. The fourth-order valence-corrected chi connectivity index (χ4v) is 2.58. The van der Waals surface area contributed by atoms with E-state index in [-0.39, 0.29) is 12.6 Å². The fraction of sp³-hybridized carbons (Fsp3) is 0.583. The van der Waals surface area contributed by atoms with E-state index in [0.717, 1.165) is 17.5 Å². The minimum absolute atomic E-state index is 0.0322. The van der Waals surface area contributed by atoms with E-state index in [4.69, 9.17) is 0 Å². The Balaban J connectivity index is 2.40. The molecule has 0 aliphatic heterocycles. The second-order valence-corrected chi connectivity index (χ2v) is 5.41. The number of anilines is 1. The molecular weight excluding hydrogens is 310 g/mol. The summed E-state index contributed by atoms with van der Waals surface area (Å²) in [5.74, 6) is 1.05. The highest BCUT2D eigenvalue weighted by atomic mass is 79.9. The number of rotatable bonds is 5. The standard InChI is InChI=1S/C12H18BrN5O/c1-4-7(2)8(5-19)16-11-9-10(13)17-18(3)12(9)15-6-14-11/h6-8,19H,4-5H2,1-3H3,(H,14,15,16)/t7-,8-/m1/s1. The first-order chi connectivity index (χ1) is 9.08. The van der Waals surface area contributed by atoms with Crippen molar-refractivity contribution in [3.63, 3.8) is 0 Å². The lowest BCUT2D eigenvalue weighted by Gasteiger charge is -2.22. The molecule has 0 saturated heterocycles. The molecule has 0 bridgehead atoms. The van der Waals surface area contributed by atoms with Gasteiger partial charge in [-0.3, -0.25) is 0 Å².